The number of rotatable bonds is 5. The molecule has 0 aromatic heterocycles. The van der Waals surface area contributed by atoms with Crippen LogP contribution in [-0.2, 0) is 14.4 Å². The number of alkyl halides is 3. The van der Waals surface area contributed by atoms with Gasteiger partial charge in [0.15, 0.2) is 0 Å². The van der Waals surface area contributed by atoms with Crippen molar-refractivity contribution in [3.8, 4) is 0 Å². The van der Waals surface area contributed by atoms with Gasteiger partial charge < -0.3 is 10.6 Å². The zero-order chi connectivity index (χ0) is 24.3. The molecule has 1 aliphatic heterocycles. The summed E-state index contributed by atoms with van der Waals surface area (Å²) >= 11 is 0. The van der Waals surface area contributed by atoms with Gasteiger partial charge in [0.25, 0.3) is 0 Å². The summed E-state index contributed by atoms with van der Waals surface area (Å²) in [5.74, 6) is -2.11. The second-order valence-corrected chi connectivity index (χ2v) is 8.06. The summed E-state index contributed by atoms with van der Waals surface area (Å²) in [4.78, 5) is 39.5. The molecule has 0 spiro atoms. The molecule has 0 fully saturated rings. The molecule has 1 unspecified atom stereocenters. The summed E-state index contributed by atoms with van der Waals surface area (Å²) in [6.45, 7) is 3.12. The molecule has 2 aromatic rings. The summed E-state index contributed by atoms with van der Waals surface area (Å²) in [5.41, 5.74) is 2.61. The van der Waals surface area contributed by atoms with Crippen LogP contribution in [0.15, 0.2) is 42.5 Å². The molecule has 2 N–H and O–H groups in total. The molecular formula is C23H25F3N4O3. The summed E-state index contributed by atoms with van der Waals surface area (Å²) in [6.07, 6.45) is -5.73. The van der Waals surface area contributed by atoms with E-state index < -0.39 is 42.9 Å². The summed E-state index contributed by atoms with van der Waals surface area (Å²) in [5, 5.41) is 5.18. The van der Waals surface area contributed by atoms with Crippen LogP contribution in [0.4, 0.5) is 30.2 Å². The van der Waals surface area contributed by atoms with Gasteiger partial charge in [-0.15, -0.1) is 0 Å². The first-order valence-electron chi connectivity index (χ1n) is 10.3. The highest BCUT2D eigenvalue weighted by atomic mass is 19.4. The third-order valence-electron chi connectivity index (χ3n) is 5.47. The number of amides is 3. The Morgan fingerprint density at radius 1 is 1.12 bits per heavy atom. The van der Waals surface area contributed by atoms with Gasteiger partial charge in [-0.1, -0.05) is 24.3 Å². The van der Waals surface area contributed by atoms with E-state index in [9.17, 15) is 27.6 Å². The van der Waals surface area contributed by atoms with Crippen LogP contribution in [0.3, 0.4) is 0 Å². The maximum Gasteiger partial charge on any atom is 0.409 e. The molecule has 0 bridgehead atoms. The number of fused-ring (bicyclic) bond motifs is 1. The Bertz CT molecular complexity index is 1070. The van der Waals surface area contributed by atoms with Crippen molar-refractivity contribution < 1.29 is 27.6 Å². The first-order chi connectivity index (χ1) is 15.5. The standard InChI is InChI=1S/C23H25F3N4O3/c1-14-7-6-9-16(15(14)2)27-21(32)12-29(3)13-22(33)30-18-10-5-4-8-17(18)28-20(31)11-19(30)23(24,25)26/h4-10,19H,11-13H2,1-3H3,(H,27,32)(H,28,31). The number of nitrogens with zero attached hydrogens (tertiary/aromatic N) is 2. The van der Waals surface area contributed by atoms with Gasteiger partial charge >= 0.3 is 6.18 Å². The molecule has 33 heavy (non-hydrogen) atoms. The van der Waals surface area contributed by atoms with Crippen molar-refractivity contribution in [2.24, 2.45) is 0 Å². The highest BCUT2D eigenvalue weighted by Gasteiger charge is 2.49. The minimum atomic E-state index is -4.82. The number of aryl methyl sites for hydroxylation is 1. The van der Waals surface area contributed by atoms with Crippen LogP contribution in [-0.4, -0.2) is 55.0 Å². The van der Waals surface area contributed by atoms with Crippen molar-refractivity contribution >= 4 is 34.8 Å². The number of carbonyl (C=O) groups is 3. The Morgan fingerprint density at radius 2 is 1.82 bits per heavy atom. The molecule has 0 saturated carbocycles. The molecular weight excluding hydrogens is 437 g/mol. The first-order valence-corrected chi connectivity index (χ1v) is 10.3. The van der Waals surface area contributed by atoms with E-state index in [4.69, 9.17) is 0 Å². The van der Waals surface area contributed by atoms with Gasteiger partial charge in [0.2, 0.25) is 17.7 Å². The van der Waals surface area contributed by atoms with Crippen LogP contribution in [0.1, 0.15) is 17.5 Å². The van der Waals surface area contributed by atoms with Crippen molar-refractivity contribution in [3.63, 3.8) is 0 Å². The maximum absolute atomic E-state index is 13.8. The number of benzene rings is 2. The average molecular weight is 462 g/mol. The normalized spacial score (nSPS) is 16.2. The van der Waals surface area contributed by atoms with E-state index in [1.165, 1.54) is 30.1 Å². The zero-order valence-electron chi connectivity index (χ0n) is 18.5. The second kappa shape index (κ2) is 9.62. The van der Waals surface area contributed by atoms with E-state index >= 15 is 0 Å². The topological polar surface area (TPSA) is 81.8 Å². The lowest BCUT2D eigenvalue weighted by molar-refractivity contribution is -0.158. The molecule has 1 aliphatic rings. The van der Waals surface area contributed by atoms with Gasteiger partial charge in [0, 0.05) is 5.69 Å². The predicted molar refractivity (Wildman–Crippen MR) is 119 cm³/mol. The highest BCUT2D eigenvalue weighted by Crippen LogP contribution is 2.37. The van der Waals surface area contributed by atoms with Crippen LogP contribution in [0.25, 0.3) is 0 Å². The van der Waals surface area contributed by atoms with E-state index in [0.717, 1.165) is 11.1 Å². The second-order valence-electron chi connectivity index (χ2n) is 8.06. The van der Waals surface area contributed by atoms with Crippen LogP contribution >= 0.6 is 0 Å². The molecule has 3 rings (SSSR count). The van der Waals surface area contributed by atoms with Crippen molar-refractivity contribution in [2.75, 3.05) is 35.7 Å². The Kier molecular flexibility index (Phi) is 7.06. The smallest absolute Gasteiger partial charge is 0.325 e. The van der Waals surface area contributed by atoms with Crippen LogP contribution in [0, 0.1) is 13.8 Å². The summed E-state index contributed by atoms with van der Waals surface area (Å²) in [6, 6.07) is 8.98. The molecule has 7 nitrogen and oxygen atoms in total. The first kappa shape index (κ1) is 24.2. The molecule has 1 atom stereocenters. The highest BCUT2D eigenvalue weighted by molar-refractivity contribution is 6.05. The largest absolute Gasteiger partial charge is 0.409 e. The number of likely N-dealkylation sites (N-methyl/N-ethyl adjacent to an activating group) is 1. The van der Waals surface area contributed by atoms with Gasteiger partial charge in [-0.05, 0) is 50.2 Å². The van der Waals surface area contributed by atoms with E-state index in [2.05, 4.69) is 10.6 Å². The zero-order valence-corrected chi connectivity index (χ0v) is 18.5. The minimum Gasteiger partial charge on any atom is -0.325 e. The van der Waals surface area contributed by atoms with Gasteiger partial charge in [-0.3, -0.25) is 24.2 Å². The Balaban J connectivity index is 1.77. The molecule has 0 radical (unpaired) electrons. The fraction of sp³-hybridized carbons (Fsp3) is 0.348. The van der Waals surface area contributed by atoms with E-state index in [1.807, 2.05) is 19.9 Å². The Morgan fingerprint density at radius 3 is 2.52 bits per heavy atom. The van der Waals surface area contributed by atoms with Gasteiger partial charge in [0.05, 0.1) is 30.9 Å². The average Bonchev–Trinajstić information content (AvgIpc) is 2.86. The molecule has 0 saturated heterocycles. The van der Waals surface area contributed by atoms with E-state index in [1.54, 1.807) is 18.2 Å². The monoisotopic (exact) mass is 462 g/mol. The number of nitrogens with one attached hydrogen (secondary N) is 2. The number of anilines is 3. The van der Waals surface area contributed by atoms with Crippen molar-refractivity contribution in [3.05, 3.63) is 53.6 Å². The number of halogens is 3. The Labute approximate surface area is 189 Å². The number of carbonyl (C=O) groups excluding carboxylic acids is 3. The van der Waals surface area contributed by atoms with Gasteiger partial charge in [-0.25, -0.2) is 0 Å². The third-order valence-corrected chi connectivity index (χ3v) is 5.47. The molecule has 10 heteroatoms. The van der Waals surface area contributed by atoms with Crippen molar-refractivity contribution in [1.82, 2.24) is 4.90 Å². The number of hydrogen-bond acceptors (Lipinski definition) is 4. The van der Waals surface area contributed by atoms with E-state index in [0.29, 0.717) is 10.6 Å². The van der Waals surface area contributed by atoms with Gasteiger partial charge in [-0.2, -0.15) is 13.2 Å². The SMILES string of the molecule is Cc1cccc(NC(=O)CN(C)CC(=O)N2c3ccccc3NC(=O)CC2C(F)(F)F)c1C. The maximum atomic E-state index is 13.8. The molecule has 176 valence electrons. The number of hydrogen-bond donors (Lipinski definition) is 2. The molecule has 1 heterocycles. The lowest BCUT2D eigenvalue weighted by atomic mass is 10.1. The molecule has 3 amide bonds. The fourth-order valence-electron chi connectivity index (χ4n) is 3.68. The van der Waals surface area contributed by atoms with Crippen LogP contribution in [0.2, 0.25) is 0 Å². The minimum absolute atomic E-state index is 0.0380. The van der Waals surface area contributed by atoms with Crippen LogP contribution in [0.5, 0.6) is 0 Å². The quantitative estimate of drug-likeness (QED) is 0.713. The van der Waals surface area contributed by atoms with Gasteiger partial charge in [0.1, 0.15) is 6.04 Å². The third kappa shape index (κ3) is 5.70. The lowest BCUT2D eigenvalue weighted by Gasteiger charge is -2.32. The van der Waals surface area contributed by atoms with Crippen molar-refractivity contribution in [1.29, 1.82) is 0 Å². The lowest BCUT2D eigenvalue weighted by Crippen LogP contribution is -2.52. The Hall–Kier alpha value is -3.40. The molecule has 0 aliphatic carbocycles. The summed E-state index contributed by atoms with van der Waals surface area (Å²) in [7, 11) is 1.47. The summed E-state index contributed by atoms with van der Waals surface area (Å²) < 4.78 is 41.4. The van der Waals surface area contributed by atoms with Crippen molar-refractivity contribution in [2.45, 2.75) is 32.5 Å². The molecule has 2 aromatic carbocycles. The predicted octanol–water partition coefficient (Wildman–Crippen LogP) is 3.48. The fourth-order valence-corrected chi connectivity index (χ4v) is 3.68. The van der Waals surface area contributed by atoms with Crippen LogP contribution < -0.4 is 15.5 Å². The van der Waals surface area contributed by atoms with E-state index in [-0.39, 0.29) is 17.9 Å². The number of para-hydroxylation sites is 2.